The van der Waals surface area contributed by atoms with E-state index in [2.05, 4.69) is 52.2 Å². The third kappa shape index (κ3) is 4.55. The molecule has 0 spiro atoms. The van der Waals surface area contributed by atoms with Gasteiger partial charge >= 0.3 is 0 Å². The summed E-state index contributed by atoms with van der Waals surface area (Å²) in [5.74, 6) is 1.80. The number of ether oxygens (including phenoxy) is 2. The lowest BCUT2D eigenvalue weighted by molar-refractivity contribution is 0.146. The minimum atomic E-state index is 0.539. The summed E-state index contributed by atoms with van der Waals surface area (Å²) in [6.07, 6.45) is 0. The molecule has 3 heterocycles. The highest BCUT2D eigenvalue weighted by atomic mass is 32.1. The number of thiazole rings is 2. The van der Waals surface area contributed by atoms with Crippen molar-refractivity contribution < 1.29 is 9.47 Å². The summed E-state index contributed by atoms with van der Waals surface area (Å²) in [5, 5.41) is 3.01. The Hall–Kier alpha value is -3.07. The molecule has 2 aromatic carbocycles. The van der Waals surface area contributed by atoms with Crippen LogP contribution in [0.1, 0.15) is 17.1 Å². The summed E-state index contributed by atoms with van der Waals surface area (Å²) in [6.45, 7) is 5.89. The van der Waals surface area contributed by atoms with E-state index in [1.165, 1.54) is 5.56 Å². The van der Waals surface area contributed by atoms with Crippen molar-refractivity contribution in [2.24, 2.45) is 0 Å². The van der Waals surface area contributed by atoms with Crippen LogP contribution in [0.3, 0.4) is 0 Å². The van der Waals surface area contributed by atoms with Crippen LogP contribution in [-0.4, -0.2) is 39.8 Å². The van der Waals surface area contributed by atoms with Crippen LogP contribution in [0.15, 0.2) is 53.4 Å². The Kier molecular flexibility index (Phi) is 6.22. The topological polar surface area (TPSA) is 62.1 Å². The number of aromatic nitrogens is 4. The summed E-state index contributed by atoms with van der Waals surface area (Å²) in [6, 6.07) is 14.6. The predicted molar refractivity (Wildman–Crippen MR) is 134 cm³/mol. The van der Waals surface area contributed by atoms with Crippen LogP contribution < -0.4 is 4.74 Å². The number of methoxy groups -OCH3 is 1. The Bertz CT molecular complexity index is 1390. The summed E-state index contributed by atoms with van der Waals surface area (Å²) in [5.41, 5.74) is 8.22. The number of fused-ring (bicyclic) bond motifs is 1. The summed E-state index contributed by atoms with van der Waals surface area (Å²) in [4.78, 5) is 14.1. The zero-order valence-corrected chi connectivity index (χ0v) is 20.4. The lowest BCUT2D eigenvalue weighted by Crippen LogP contribution is -2.06. The first-order valence-corrected chi connectivity index (χ1v) is 12.4. The standard InChI is InChI=1S/C25H24N4O2S2/c1-16-14-32-25(27-16)23-24(19-6-9-21-22(12-19)33-15-26-21)29(17(2)28-23)13-18-4-7-20(8-5-18)31-11-10-30-3/h4-9,12,14-15H,10-11,13H2,1-3H3. The number of rotatable bonds is 8. The molecule has 0 N–H and O–H groups in total. The van der Waals surface area contributed by atoms with Gasteiger partial charge in [-0.25, -0.2) is 15.0 Å². The van der Waals surface area contributed by atoms with Gasteiger partial charge in [-0.05, 0) is 43.7 Å². The number of nitrogens with zero attached hydrogens (tertiary/aromatic N) is 4. The Balaban J connectivity index is 1.54. The van der Waals surface area contributed by atoms with Crippen LogP contribution in [0.2, 0.25) is 0 Å². The fourth-order valence-electron chi connectivity index (χ4n) is 3.78. The number of benzene rings is 2. The predicted octanol–water partition coefficient (Wildman–Crippen LogP) is 5.97. The number of hydrogen-bond donors (Lipinski definition) is 0. The molecule has 0 atom stereocenters. The van der Waals surface area contributed by atoms with E-state index >= 15 is 0 Å². The highest BCUT2D eigenvalue weighted by molar-refractivity contribution is 7.16. The number of hydrogen-bond acceptors (Lipinski definition) is 7. The van der Waals surface area contributed by atoms with E-state index in [-0.39, 0.29) is 0 Å². The molecule has 0 aliphatic carbocycles. The molecule has 0 aliphatic rings. The average molecular weight is 477 g/mol. The lowest BCUT2D eigenvalue weighted by Gasteiger charge is -2.13. The maximum atomic E-state index is 5.71. The molecule has 0 saturated heterocycles. The Morgan fingerprint density at radius 2 is 1.82 bits per heavy atom. The van der Waals surface area contributed by atoms with Crippen LogP contribution >= 0.6 is 22.7 Å². The third-order valence-electron chi connectivity index (χ3n) is 5.40. The van der Waals surface area contributed by atoms with Crippen LogP contribution in [0.4, 0.5) is 0 Å². The van der Waals surface area contributed by atoms with Gasteiger partial charge in [0.1, 0.15) is 28.9 Å². The SMILES string of the molecule is COCCOc1ccc(Cn2c(C)nc(-c3nc(C)cs3)c2-c2ccc3ncsc3c2)cc1. The van der Waals surface area contributed by atoms with E-state index in [9.17, 15) is 0 Å². The van der Waals surface area contributed by atoms with Gasteiger partial charge in [0.25, 0.3) is 0 Å². The van der Waals surface area contributed by atoms with Crippen molar-refractivity contribution in [3.63, 3.8) is 0 Å². The third-order valence-corrected chi connectivity index (χ3v) is 7.16. The van der Waals surface area contributed by atoms with Gasteiger partial charge in [0.05, 0.1) is 28.0 Å². The smallest absolute Gasteiger partial charge is 0.144 e. The van der Waals surface area contributed by atoms with Crippen LogP contribution in [0.5, 0.6) is 5.75 Å². The van der Waals surface area contributed by atoms with Crippen molar-refractivity contribution in [2.75, 3.05) is 20.3 Å². The summed E-state index contributed by atoms with van der Waals surface area (Å²) in [7, 11) is 1.67. The number of imidazole rings is 1. The molecule has 8 heteroatoms. The Morgan fingerprint density at radius 1 is 0.970 bits per heavy atom. The van der Waals surface area contributed by atoms with Crippen molar-refractivity contribution in [1.29, 1.82) is 0 Å². The highest BCUT2D eigenvalue weighted by Crippen LogP contribution is 2.36. The van der Waals surface area contributed by atoms with Crippen molar-refractivity contribution in [3.8, 4) is 27.7 Å². The Morgan fingerprint density at radius 3 is 2.58 bits per heavy atom. The fourth-order valence-corrected chi connectivity index (χ4v) is 5.28. The number of aryl methyl sites for hydroxylation is 2. The second kappa shape index (κ2) is 9.43. The quantitative estimate of drug-likeness (QED) is 0.258. The van der Waals surface area contributed by atoms with Gasteiger partial charge < -0.3 is 14.0 Å². The minimum Gasteiger partial charge on any atom is -0.491 e. The molecule has 0 unspecified atom stereocenters. The molecule has 3 aromatic heterocycles. The minimum absolute atomic E-state index is 0.539. The monoisotopic (exact) mass is 476 g/mol. The van der Waals surface area contributed by atoms with E-state index in [0.29, 0.717) is 19.8 Å². The van der Waals surface area contributed by atoms with Gasteiger partial charge in [0, 0.05) is 30.3 Å². The second-order valence-electron chi connectivity index (χ2n) is 7.76. The molecule has 0 aliphatic heterocycles. The molecular formula is C25H24N4O2S2. The van der Waals surface area contributed by atoms with Crippen molar-refractivity contribution in [1.82, 2.24) is 19.5 Å². The van der Waals surface area contributed by atoms with Gasteiger partial charge in [-0.15, -0.1) is 22.7 Å². The zero-order valence-electron chi connectivity index (χ0n) is 18.7. The lowest BCUT2D eigenvalue weighted by atomic mass is 10.1. The molecule has 168 valence electrons. The first-order valence-electron chi connectivity index (χ1n) is 10.7. The molecule has 5 rings (SSSR count). The maximum absolute atomic E-state index is 5.71. The summed E-state index contributed by atoms with van der Waals surface area (Å²) < 4.78 is 14.2. The first-order chi connectivity index (χ1) is 16.1. The van der Waals surface area contributed by atoms with E-state index in [4.69, 9.17) is 19.4 Å². The maximum Gasteiger partial charge on any atom is 0.144 e. The zero-order chi connectivity index (χ0) is 22.8. The van der Waals surface area contributed by atoms with Gasteiger partial charge in [-0.3, -0.25) is 0 Å². The van der Waals surface area contributed by atoms with Gasteiger partial charge in [-0.2, -0.15) is 0 Å². The molecule has 0 bridgehead atoms. The van der Waals surface area contributed by atoms with E-state index < -0.39 is 0 Å². The van der Waals surface area contributed by atoms with Crippen molar-refractivity contribution >= 4 is 32.9 Å². The first kappa shape index (κ1) is 21.8. The fraction of sp³-hybridized carbons (Fsp3) is 0.240. The average Bonchev–Trinajstić information content (AvgIpc) is 3.54. The molecule has 0 fully saturated rings. The Labute approximate surface area is 200 Å². The second-order valence-corrected chi connectivity index (χ2v) is 9.50. The van der Waals surface area contributed by atoms with Gasteiger partial charge in [-0.1, -0.05) is 18.2 Å². The molecule has 33 heavy (non-hydrogen) atoms. The molecular weight excluding hydrogens is 452 g/mol. The van der Waals surface area contributed by atoms with Crippen LogP contribution in [0.25, 0.3) is 32.2 Å². The molecule has 5 aromatic rings. The largest absolute Gasteiger partial charge is 0.491 e. The molecule has 0 amide bonds. The highest BCUT2D eigenvalue weighted by Gasteiger charge is 2.21. The van der Waals surface area contributed by atoms with Crippen molar-refractivity contribution in [3.05, 3.63) is 70.4 Å². The van der Waals surface area contributed by atoms with Crippen LogP contribution in [-0.2, 0) is 11.3 Å². The van der Waals surface area contributed by atoms with Gasteiger partial charge in [0.15, 0.2) is 0 Å². The molecule has 0 radical (unpaired) electrons. The van der Waals surface area contributed by atoms with Crippen LogP contribution in [0, 0.1) is 13.8 Å². The van der Waals surface area contributed by atoms with Gasteiger partial charge in [0.2, 0.25) is 0 Å². The summed E-state index contributed by atoms with van der Waals surface area (Å²) >= 11 is 3.28. The molecule has 6 nitrogen and oxygen atoms in total. The van der Waals surface area contributed by atoms with E-state index in [0.717, 1.165) is 49.4 Å². The molecule has 0 saturated carbocycles. The van der Waals surface area contributed by atoms with E-state index in [1.807, 2.05) is 24.6 Å². The normalized spacial score (nSPS) is 11.4. The van der Waals surface area contributed by atoms with E-state index in [1.54, 1.807) is 29.8 Å². The van der Waals surface area contributed by atoms with Crippen molar-refractivity contribution in [2.45, 2.75) is 20.4 Å².